The number of hydrogen-bond acceptors (Lipinski definition) is 5. The van der Waals surface area contributed by atoms with Gasteiger partial charge in [-0.25, -0.2) is 0 Å². The summed E-state index contributed by atoms with van der Waals surface area (Å²) in [6.45, 7) is 4.21. The molecule has 4 aromatic rings. The number of aromatic nitrogens is 2. The van der Waals surface area contributed by atoms with Crippen LogP contribution in [-0.2, 0) is 25.2 Å². The van der Waals surface area contributed by atoms with E-state index in [2.05, 4.69) is 36.4 Å². The Labute approximate surface area is 227 Å². The first-order valence-electron chi connectivity index (χ1n) is 13.3. The Morgan fingerprint density at radius 3 is 1.79 bits per heavy atom. The molecule has 2 aliphatic rings. The van der Waals surface area contributed by atoms with Gasteiger partial charge in [-0.1, -0.05) is 67.6 Å². The number of benzene rings is 2. The SMILES string of the molecule is CC(C[C@@]1(C[C@@]2(CC(C)C(=O)O)c3ccccc3-c3ncccc32)c2ccccc2-c2ncccc21)OC=O. The Kier molecular flexibility index (Phi) is 6.06. The van der Waals surface area contributed by atoms with Gasteiger partial charge in [-0.2, -0.15) is 0 Å². The molecule has 6 rings (SSSR count). The van der Waals surface area contributed by atoms with E-state index in [0.29, 0.717) is 25.7 Å². The van der Waals surface area contributed by atoms with E-state index < -0.39 is 22.7 Å². The van der Waals surface area contributed by atoms with Gasteiger partial charge in [-0.3, -0.25) is 19.6 Å². The second kappa shape index (κ2) is 9.45. The summed E-state index contributed by atoms with van der Waals surface area (Å²) in [5.74, 6) is -1.43. The first kappa shape index (κ1) is 25.0. The highest BCUT2D eigenvalue weighted by atomic mass is 16.5. The molecule has 196 valence electrons. The van der Waals surface area contributed by atoms with E-state index in [1.54, 1.807) is 13.1 Å². The molecule has 2 aromatic heterocycles. The first-order chi connectivity index (χ1) is 18.9. The number of hydrogen-bond donors (Lipinski definition) is 1. The summed E-state index contributed by atoms with van der Waals surface area (Å²) < 4.78 is 5.51. The van der Waals surface area contributed by atoms with Gasteiger partial charge in [0.2, 0.25) is 0 Å². The van der Waals surface area contributed by atoms with Gasteiger partial charge in [0.05, 0.1) is 23.4 Å². The minimum Gasteiger partial charge on any atom is -0.481 e. The number of rotatable bonds is 9. The summed E-state index contributed by atoms with van der Waals surface area (Å²) in [5, 5.41) is 10.1. The van der Waals surface area contributed by atoms with E-state index in [4.69, 9.17) is 14.7 Å². The molecule has 0 saturated heterocycles. The van der Waals surface area contributed by atoms with Crippen molar-refractivity contribution in [2.24, 2.45) is 5.92 Å². The van der Waals surface area contributed by atoms with Crippen molar-refractivity contribution in [2.75, 3.05) is 0 Å². The fraction of sp³-hybridized carbons (Fsp3) is 0.273. The van der Waals surface area contributed by atoms with Gasteiger partial charge >= 0.3 is 5.97 Å². The van der Waals surface area contributed by atoms with E-state index in [9.17, 15) is 14.7 Å². The Hall–Kier alpha value is -4.32. The van der Waals surface area contributed by atoms with E-state index >= 15 is 0 Å². The molecule has 6 nitrogen and oxygen atoms in total. The average Bonchev–Trinajstić information content (AvgIpc) is 3.37. The highest BCUT2D eigenvalue weighted by molar-refractivity contribution is 5.82. The lowest BCUT2D eigenvalue weighted by Gasteiger charge is -2.44. The van der Waals surface area contributed by atoms with Crippen LogP contribution >= 0.6 is 0 Å². The Morgan fingerprint density at radius 2 is 1.28 bits per heavy atom. The molecule has 2 unspecified atom stereocenters. The van der Waals surface area contributed by atoms with E-state index in [0.717, 1.165) is 44.8 Å². The monoisotopic (exact) mass is 518 g/mol. The molecular formula is C33H30N2O4. The molecule has 39 heavy (non-hydrogen) atoms. The zero-order valence-electron chi connectivity index (χ0n) is 22.0. The van der Waals surface area contributed by atoms with Crippen LogP contribution in [0.5, 0.6) is 0 Å². The number of carboxylic acid groups (broad SMARTS) is 1. The fourth-order valence-electron chi connectivity index (χ4n) is 7.24. The summed E-state index contributed by atoms with van der Waals surface area (Å²) in [5.41, 5.74) is 7.00. The van der Waals surface area contributed by atoms with Gasteiger partial charge < -0.3 is 9.84 Å². The van der Waals surface area contributed by atoms with Crippen molar-refractivity contribution in [1.82, 2.24) is 9.97 Å². The lowest BCUT2D eigenvalue weighted by Crippen LogP contribution is -2.41. The summed E-state index contributed by atoms with van der Waals surface area (Å²) in [6, 6.07) is 24.6. The highest BCUT2D eigenvalue weighted by Crippen LogP contribution is 2.61. The number of fused-ring (bicyclic) bond motifs is 6. The van der Waals surface area contributed by atoms with Crippen LogP contribution in [0.1, 0.15) is 55.4 Å². The molecule has 4 atom stereocenters. The van der Waals surface area contributed by atoms with Crippen molar-refractivity contribution in [3.05, 3.63) is 107 Å². The normalized spacial score (nSPS) is 21.7. The number of nitrogens with zero attached hydrogens (tertiary/aromatic N) is 2. The van der Waals surface area contributed by atoms with Crippen molar-refractivity contribution in [3.8, 4) is 22.5 Å². The Morgan fingerprint density at radius 1 is 0.795 bits per heavy atom. The van der Waals surface area contributed by atoms with E-state index in [1.165, 1.54) is 0 Å². The quantitative estimate of drug-likeness (QED) is 0.267. The number of aliphatic carboxylic acids is 1. The van der Waals surface area contributed by atoms with Gasteiger partial charge in [0, 0.05) is 34.4 Å². The molecule has 0 radical (unpaired) electrons. The second-order valence-electron chi connectivity index (χ2n) is 10.9. The minimum atomic E-state index is -0.829. The van der Waals surface area contributed by atoms with Gasteiger partial charge in [-0.15, -0.1) is 0 Å². The predicted molar refractivity (Wildman–Crippen MR) is 148 cm³/mol. The summed E-state index contributed by atoms with van der Waals surface area (Å²) in [4.78, 5) is 33.4. The highest BCUT2D eigenvalue weighted by Gasteiger charge is 2.54. The number of ether oxygens (including phenoxy) is 1. The standard InChI is InChI=1S/C33H30N2O4/c1-21(31(37)38)17-32(25-11-5-3-9-23(25)29-27(32)13-7-15-34-29)19-33(18-22(2)39-20-36)26-12-6-4-10-24(26)30-28(33)14-8-16-35-30/h3-16,20-22H,17-19H2,1-2H3,(H,37,38)/t21?,22?,32-,33+/m0/s1. The molecule has 6 heteroatoms. The van der Waals surface area contributed by atoms with Crippen LogP contribution < -0.4 is 0 Å². The molecule has 1 N–H and O–H groups in total. The van der Waals surface area contributed by atoms with Crippen molar-refractivity contribution < 1.29 is 19.4 Å². The van der Waals surface area contributed by atoms with Crippen LogP contribution in [0.4, 0.5) is 0 Å². The lowest BCUT2D eigenvalue weighted by molar-refractivity contribution is -0.142. The van der Waals surface area contributed by atoms with Crippen LogP contribution in [-0.4, -0.2) is 33.6 Å². The number of carboxylic acids is 1. The van der Waals surface area contributed by atoms with Crippen LogP contribution in [0.25, 0.3) is 22.5 Å². The van der Waals surface area contributed by atoms with Crippen LogP contribution in [0, 0.1) is 5.92 Å². The maximum Gasteiger partial charge on any atom is 0.306 e. The van der Waals surface area contributed by atoms with Crippen molar-refractivity contribution in [3.63, 3.8) is 0 Å². The van der Waals surface area contributed by atoms with Gasteiger partial charge in [0.1, 0.15) is 0 Å². The van der Waals surface area contributed by atoms with Crippen molar-refractivity contribution >= 4 is 12.4 Å². The predicted octanol–water partition coefficient (Wildman–Crippen LogP) is 6.16. The maximum atomic E-state index is 12.3. The van der Waals surface area contributed by atoms with Gasteiger partial charge in [0.15, 0.2) is 0 Å². The molecule has 2 heterocycles. The Balaban J connectivity index is 1.66. The summed E-state index contributed by atoms with van der Waals surface area (Å²) in [6.07, 6.45) is 4.74. The molecule has 0 amide bonds. The molecule has 2 aromatic carbocycles. The molecule has 0 bridgehead atoms. The smallest absolute Gasteiger partial charge is 0.306 e. The fourth-order valence-corrected chi connectivity index (χ4v) is 7.24. The third kappa shape index (κ3) is 3.77. The summed E-state index contributed by atoms with van der Waals surface area (Å²) in [7, 11) is 0. The zero-order chi connectivity index (χ0) is 27.2. The Bertz CT molecular complexity index is 1490. The van der Waals surface area contributed by atoms with Crippen LogP contribution in [0.2, 0.25) is 0 Å². The third-order valence-corrected chi connectivity index (χ3v) is 8.65. The second-order valence-corrected chi connectivity index (χ2v) is 10.9. The van der Waals surface area contributed by atoms with Crippen molar-refractivity contribution in [1.29, 1.82) is 0 Å². The number of carbonyl (C=O) groups is 2. The first-order valence-corrected chi connectivity index (χ1v) is 13.3. The third-order valence-electron chi connectivity index (χ3n) is 8.65. The van der Waals surface area contributed by atoms with Gasteiger partial charge in [-0.05, 0) is 60.6 Å². The molecule has 0 fully saturated rings. The van der Waals surface area contributed by atoms with E-state index in [1.807, 2.05) is 49.5 Å². The van der Waals surface area contributed by atoms with Crippen LogP contribution in [0.15, 0.2) is 85.2 Å². The zero-order valence-corrected chi connectivity index (χ0v) is 22.0. The van der Waals surface area contributed by atoms with Crippen LogP contribution in [0.3, 0.4) is 0 Å². The molecule has 0 aliphatic heterocycles. The largest absolute Gasteiger partial charge is 0.481 e. The minimum absolute atomic E-state index is 0.374. The van der Waals surface area contributed by atoms with Gasteiger partial charge in [0.25, 0.3) is 6.47 Å². The average molecular weight is 519 g/mol. The molecule has 2 aliphatic carbocycles. The molecule has 0 spiro atoms. The maximum absolute atomic E-state index is 12.3. The van der Waals surface area contributed by atoms with Crippen molar-refractivity contribution in [2.45, 2.75) is 50.0 Å². The molecule has 0 saturated carbocycles. The number of pyridine rings is 2. The van der Waals surface area contributed by atoms with E-state index in [-0.39, 0.29) is 6.10 Å². The number of carbonyl (C=O) groups excluding carboxylic acids is 1. The summed E-state index contributed by atoms with van der Waals surface area (Å²) >= 11 is 0. The molecular weight excluding hydrogens is 488 g/mol. The topological polar surface area (TPSA) is 89.4 Å². The lowest BCUT2D eigenvalue weighted by atomic mass is 9.59.